The fourth-order valence-corrected chi connectivity index (χ4v) is 0.429. The average Bonchev–Trinajstić information content (AvgIpc) is 1.97. The quantitative estimate of drug-likeness (QED) is 0.331. The molecule has 0 saturated heterocycles. The first-order chi connectivity index (χ1) is 4.91. The highest BCUT2D eigenvalue weighted by molar-refractivity contribution is 6.45. The number of nitriles is 1. The number of nitrogens with one attached hydrogen (secondary N) is 1. The van der Waals surface area contributed by atoms with Gasteiger partial charge in [-0.25, -0.2) is 10.7 Å². The van der Waals surface area contributed by atoms with Crippen LogP contribution in [0.25, 0.3) is 0 Å². The summed E-state index contributed by atoms with van der Waals surface area (Å²) in [6.07, 6.45) is 1.75. The summed E-state index contributed by atoms with van der Waals surface area (Å²) in [6, 6.07) is 0. The molecule has 1 N–H and O–H groups in total. The first kappa shape index (κ1) is 9.47. The molecule has 0 aromatic rings. The zero-order valence-corrected chi connectivity index (χ0v) is 6.26. The summed E-state index contributed by atoms with van der Waals surface area (Å²) in [7, 11) is 1.52. The van der Waals surface area contributed by atoms with Gasteiger partial charge in [0.25, 0.3) is 7.28 Å². The molecule has 55 valence electrons. The molecular formula is C6H12BN2O. The Morgan fingerprint density at radius 3 is 3.10 bits per heavy atom. The van der Waals surface area contributed by atoms with Crippen molar-refractivity contribution in [1.29, 1.82) is 5.26 Å². The van der Waals surface area contributed by atoms with E-state index in [4.69, 9.17) is 10.1 Å². The van der Waals surface area contributed by atoms with Gasteiger partial charge in [-0.15, -0.1) is 0 Å². The van der Waals surface area contributed by atoms with Crippen LogP contribution in [0.4, 0.5) is 0 Å². The Kier molecular flexibility index (Phi) is 8.03. The van der Waals surface area contributed by atoms with Crippen LogP contribution in [0, 0.1) is 11.2 Å². The summed E-state index contributed by atoms with van der Waals surface area (Å²) < 4.78 is 0. The first-order valence-electron chi connectivity index (χ1n) is 3.47. The molecular weight excluding hydrogens is 127 g/mol. The first-order valence-corrected chi connectivity index (χ1v) is 3.47. The molecule has 10 heavy (non-hydrogen) atoms. The Balaban J connectivity index is 2.72. The van der Waals surface area contributed by atoms with Crippen LogP contribution >= 0.6 is 0 Å². The maximum Gasteiger partial charge on any atom is 0.257 e. The van der Waals surface area contributed by atoms with Crippen molar-refractivity contribution in [1.82, 2.24) is 5.48 Å². The van der Waals surface area contributed by atoms with Crippen LogP contribution in [0.3, 0.4) is 0 Å². The maximum absolute atomic E-state index is 8.09. The van der Waals surface area contributed by atoms with Gasteiger partial charge in [0.15, 0.2) is 0 Å². The summed E-state index contributed by atoms with van der Waals surface area (Å²) in [4.78, 5) is 4.94. The van der Waals surface area contributed by atoms with Gasteiger partial charge in [0.1, 0.15) is 0 Å². The van der Waals surface area contributed by atoms with Crippen molar-refractivity contribution in [2.24, 2.45) is 0 Å². The lowest BCUT2D eigenvalue weighted by atomic mass is 9.78. The van der Waals surface area contributed by atoms with Crippen LogP contribution in [0.2, 0.25) is 6.32 Å². The van der Waals surface area contributed by atoms with Gasteiger partial charge >= 0.3 is 0 Å². The third-order valence-corrected chi connectivity index (χ3v) is 0.910. The Bertz CT molecular complexity index is 102. The standard InChI is InChI=1S/C6H12BN2O/c1-2-4-9-10-5-3-7-6-8/h9H,2-5H2,1H3. The van der Waals surface area contributed by atoms with E-state index >= 15 is 0 Å². The van der Waals surface area contributed by atoms with Gasteiger partial charge in [0.05, 0.1) is 6.61 Å². The predicted octanol–water partition coefficient (Wildman–Crippen LogP) is 0.521. The molecule has 0 aliphatic heterocycles. The fourth-order valence-electron chi connectivity index (χ4n) is 0.429. The van der Waals surface area contributed by atoms with Gasteiger partial charge in [-0.05, 0) is 18.7 Å². The number of hydroxylamine groups is 1. The number of hydrogen-bond donors (Lipinski definition) is 1. The molecule has 1 radical (unpaired) electrons. The molecule has 3 nitrogen and oxygen atoms in total. The van der Waals surface area contributed by atoms with E-state index in [0.29, 0.717) is 12.9 Å². The molecule has 0 fully saturated rings. The molecule has 0 unspecified atom stereocenters. The van der Waals surface area contributed by atoms with Crippen molar-refractivity contribution in [2.45, 2.75) is 19.7 Å². The third kappa shape index (κ3) is 7.47. The van der Waals surface area contributed by atoms with Crippen LogP contribution in [-0.4, -0.2) is 20.4 Å². The van der Waals surface area contributed by atoms with Crippen molar-refractivity contribution < 1.29 is 4.84 Å². The Hall–Kier alpha value is -0.525. The van der Waals surface area contributed by atoms with Gasteiger partial charge < -0.3 is 4.84 Å². The second kappa shape index (κ2) is 8.47. The van der Waals surface area contributed by atoms with Crippen molar-refractivity contribution in [3.8, 4) is 5.97 Å². The molecule has 0 saturated carbocycles. The van der Waals surface area contributed by atoms with E-state index in [1.165, 1.54) is 7.28 Å². The van der Waals surface area contributed by atoms with E-state index in [0.717, 1.165) is 13.0 Å². The van der Waals surface area contributed by atoms with Gasteiger partial charge in [0, 0.05) is 6.54 Å². The second-order valence-electron chi connectivity index (χ2n) is 1.86. The highest BCUT2D eigenvalue weighted by Crippen LogP contribution is 1.78. The van der Waals surface area contributed by atoms with E-state index in [1.54, 1.807) is 0 Å². The van der Waals surface area contributed by atoms with E-state index in [1.807, 2.05) is 5.97 Å². The fraction of sp³-hybridized carbons (Fsp3) is 0.833. The summed E-state index contributed by atoms with van der Waals surface area (Å²) >= 11 is 0. The number of rotatable bonds is 6. The zero-order valence-electron chi connectivity index (χ0n) is 6.26. The van der Waals surface area contributed by atoms with Gasteiger partial charge in [0.2, 0.25) is 0 Å². The number of nitrogens with zero attached hydrogens (tertiary/aromatic N) is 1. The smallest absolute Gasteiger partial charge is 0.257 e. The normalized spacial score (nSPS) is 8.80. The van der Waals surface area contributed by atoms with Gasteiger partial charge in [-0.3, -0.25) is 0 Å². The summed E-state index contributed by atoms with van der Waals surface area (Å²) in [5.74, 6) is 1.93. The molecule has 0 bridgehead atoms. The third-order valence-electron chi connectivity index (χ3n) is 0.910. The van der Waals surface area contributed by atoms with E-state index < -0.39 is 0 Å². The molecule has 4 heteroatoms. The molecule has 0 aromatic heterocycles. The van der Waals surface area contributed by atoms with Crippen molar-refractivity contribution in [3.05, 3.63) is 0 Å². The van der Waals surface area contributed by atoms with Crippen LogP contribution in [0.1, 0.15) is 13.3 Å². The van der Waals surface area contributed by atoms with Crippen molar-refractivity contribution >= 4 is 7.28 Å². The summed E-state index contributed by atoms with van der Waals surface area (Å²) in [6.45, 7) is 3.51. The minimum absolute atomic E-state index is 0.577. The van der Waals surface area contributed by atoms with Crippen LogP contribution < -0.4 is 5.48 Å². The minimum atomic E-state index is 0.577. The van der Waals surface area contributed by atoms with Crippen LogP contribution in [0.15, 0.2) is 0 Å². The molecule has 0 amide bonds. The molecule has 0 aliphatic rings. The SMILES string of the molecule is CCCNOCC[B]C#N. The predicted molar refractivity (Wildman–Crippen MR) is 40.4 cm³/mol. The van der Waals surface area contributed by atoms with Gasteiger partial charge in [-0.2, -0.15) is 0 Å². The molecule has 0 atom stereocenters. The summed E-state index contributed by atoms with van der Waals surface area (Å²) in [5.41, 5.74) is 2.76. The van der Waals surface area contributed by atoms with Gasteiger partial charge in [-0.1, -0.05) is 6.92 Å². The Morgan fingerprint density at radius 2 is 2.50 bits per heavy atom. The monoisotopic (exact) mass is 139 g/mol. The molecule has 0 rings (SSSR count). The minimum Gasteiger partial charge on any atom is -0.303 e. The molecule has 0 aliphatic carbocycles. The van der Waals surface area contributed by atoms with E-state index in [2.05, 4.69) is 12.4 Å². The highest BCUT2D eigenvalue weighted by atomic mass is 16.6. The summed E-state index contributed by atoms with van der Waals surface area (Å²) in [5, 5.41) is 8.09. The molecule has 0 heterocycles. The lowest BCUT2D eigenvalue weighted by Gasteiger charge is -2.00. The lowest BCUT2D eigenvalue weighted by molar-refractivity contribution is 0.0514. The largest absolute Gasteiger partial charge is 0.303 e. The maximum atomic E-state index is 8.09. The van der Waals surface area contributed by atoms with Crippen molar-refractivity contribution in [3.63, 3.8) is 0 Å². The van der Waals surface area contributed by atoms with Crippen LogP contribution in [-0.2, 0) is 4.84 Å². The average molecular weight is 139 g/mol. The van der Waals surface area contributed by atoms with Crippen LogP contribution in [0.5, 0.6) is 0 Å². The van der Waals surface area contributed by atoms with E-state index in [-0.39, 0.29) is 0 Å². The number of hydrogen-bond acceptors (Lipinski definition) is 3. The van der Waals surface area contributed by atoms with Crippen molar-refractivity contribution in [2.75, 3.05) is 13.2 Å². The van der Waals surface area contributed by atoms with E-state index in [9.17, 15) is 0 Å². The Labute approximate surface area is 62.6 Å². The zero-order chi connectivity index (χ0) is 7.66. The molecule has 0 aromatic carbocycles. The lowest BCUT2D eigenvalue weighted by Crippen LogP contribution is -2.16. The molecule has 0 spiro atoms. The highest BCUT2D eigenvalue weighted by Gasteiger charge is 1.88. The second-order valence-corrected chi connectivity index (χ2v) is 1.86. The topological polar surface area (TPSA) is 45.0 Å². The Morgan fingerprint density at radius 1 is 1.70 bits per heavy atom.